The number of fused-ring (bicyclic) bond motifs is 4. The van der Waals surface area contributed by atoms with Gasteiger partial charge in [0, 0.05) is 86.4 Å². The van der Waals surface area contributed by atoms with Crippen LogP contribution in [0.3, 0.4) is 0 Å². The van der Waals surface area contributed by atoms with Crippen LogP contribution in [-0.4, -0.2) is 93.8 Å². The van der Waals surface area contributed by atoms with Crippen LogP contribution in [0.1, 0.15) is 18.4 Å². The molecule has 0 radical (unpaired) electrons. The van der Waals surface area contributed by atoms with E-state index < -0.39 is 20.0 Å². The summed E-state index contributed by atoms with van der Waals surface area (Å²) in [4.78, 5) is 7.64. The molecule has 12 heteroatoms. The number of nitrogens with zero attached hydrogens (tertiary/aromatic N) is 5. The van der Waals surface area contributed by atoms with Crippen molar-refractivity contribution < 1.29 is 16.8 Å². The van der Waals surface area contributed by atoms with Crippen molar-refractivity contribution in [2.75, 3.05) is 67.9 Å². The third-order valence-electron chi connectivity index (χ3n) is 11.7. The highest BCUT2D eigenvalue weighted by Crippen LogP contribution is 2.33. The molecule has 3 fully saturated rings. The smallest absolute Gasteiger partial charge is 0.268 e. The predicted molar refractivity (Wildman–Crippen MR) is 237 cm³/mol. The summed E-state index contributed by atoms with van der Waals surface area (Å²) < 4.78 is 55.2. The van der Waals surface area contributed by atoms with Crippen molar-refractivity contribution in [3.05, 3.63) is 145 Å². The van der Waals surface area contributed by atoms with Crippen molar-refractivity contribution in [2.45, 2.75) is 23.8 Å². The van der Waals surface area contributed by atoms with E-state index in [9.17, 15) is 16.8 Å². The van der Waals surface area contributed by atoms with E-state index in [1.54, 1.807) is 42.7 Å². The molecular formula is C46H48N6O4S2. The van der Waals surface area contributed by atoms with Gasteiger partial charge in [-0.1, -0.05) is 78.9 Å². The molecule has 1 atom stereocenters. The number of hydrogen-bond donors (Lipinski definition) is 1. The van der Waals surface area contributed by atoms with Crippen LogP contribution in [0.25, 0.3) is 38.7 Å². The Hall–Kier alpha value is -5.40. The second-order valence-corrected chi connectivity index (χ2v) is 19.0. The maximum atomic E-state index is 13.1. The van der Waals surface area contributed by atoms with Gasteiger partial charge in [0.15, 0.2) is 0 Å². The first-order valence-electron chi connectivity index (χ1n) is 20.1. The van der Waals surface area contributed by atoms with Crippen molar-refractivity contribution in [1.82, 2.24) is 18.2 Å². The van der Waals surface area contributed by atoms with Gasteiger partial charge in [-0.3, -0.25) is 4.90 Å². The molecule has 58 heavy (non-hydrogen) atoms. The van der Waals surface area contributed by atoms with Crippen LogP contribution in [0.5, 0.6) is 0 Å². The molecule has 10 nitrogen and oxygen atoms in total. The third-order valence-corrected chi connectivity index (χ3v) is 15.0. The Kier molecular flexibility index (Phi) is 10.6. The van der Waals surface area contributed by atoms with Gasteiger partial charge < -0.3 is 15.1 Å². The summed E-state index contributed by atoms with van der Waals surface area (Å²) >= 11 is 0. The summed E-state index contributed by atoms with van der Waals surface area (Å²) in [7, 11) is -7.10. The van der Waals surface area contributed by atoms with Gasteiger partial charge in [-0.15, -0.1) is 0 Å². The minimum atomic E-state index is -3.59. The normalized spacial score (nSPS) is 17.9. The third kappa shape index (κ3) is 7.53. The molecule has 0 bridgehead atoms. The van der Waals surface area contributed by atoms with Gasteiger partial charge in [0.2, 0.25) is 10.0 Å². The Morgan fingerprint density at radius 3 is 2.05 bits per heavy atom. The summed E-state index contributed by atoms with van der Waals surface area (Å²) in [5.74, 6) is -0.0541. The van der Waals surface area contributed by atoms with Crippen LogP contribution in [0.4, 0.5) is 11.4 Å². The van der Waals surface area contributed by atoms with Crippen molar-refractivity contribution in [3.8, 4) is 0 Å². The van der Waals surface area contributed by atoms with Gasteiger partial charge >= 0.3 is 0 Å². The second kappa shape index (κ2) is 16.1. The van der Waals surface area contributed by atoms with Gasteiger partial charge in [0.25, 0.3) is 10.0 Å². The fourth-order valence-corrected chi connectivity index (χ4v) is 11.3. The van der Waals surface area contributed by atoms with Crippen LogP contribution in [-0.2, 0) is 20.0 Å². The molecule has 2 aromatic heterocycles. The Balaban J connectivity index is 0.000000152. The van der Waals surface area contributed by atoms with Gasteiger partial charge in [0.05, 0.1) is 21.7 Å². The van der Waals surface area contributed by atoms with Crippen LogP contribution in [0.2, 0.25) is 0 Å². The largest absolute Gasteiger partial charge is 0.368 e. The summed E-state index contributed by atoms with van der Waals surface area (Å²) in [6.45, 7) is 8.04. The number of hydrogen-bond acceptors (Lipinski definition) is 8. The zero-order valence-electron chi connectivity index (χ0n) is 32.4. The van der Waals surface area contributed by atoms with E-state index >= 15 is 0 Å². The Morgan fingerprint density at radius 1 is 0.621 bits per heavy atom. The monoisotopic (exact) mass is 812 g/mol. The standard InChI is InChI=1S/C25H25N3O2S.C21H23N3O2S/c29-31(30,18-4-5-20-10-11-21-6-1-2-7-22(21)19-20)28-15-12-23-24(8-3-9-25(23)28)27-16-13-26-14-17-27;25-27(26,18-7-2-1-3-8-18)24-13-11-19-20(9-4-10-21(19)24)23-15-14-22-12-5-6-17(22)16-23/h1-12,15,19,26H,13-14,16-18H2;1-4,7-11,13,17H,5-6,12,14-16H2. The maximum absolute atomic E-state index is 13.1. The lowest BCUT2D eigenvalue weighted by Gasteiger charge is -2.39. The molecule has 7 aromatic rings. The Labute approximate surface area is 340 Å². The van der Waals surface area contributed by atoms with Gasteiger partial charge in [-0.2, -0.15) is 0 Å². The number of aromatic nitrogens is 2. The number of rotatable bonds is 8. The lowest BCUT2D eigenvalue weighted by Crippen LogP contribution is -2.50. The molecule has 0 spiro atoms. The van der Waals surface area contributed by atoms with E-state index in [0.29, 0.717) is 10.9 Å². The first-order chi connectivity index (χ1) is 28.3. The van der Waals surface area contributed by atoms with Crippen LogP contribution in [0.15, 0.2) is 145 Å². The average Bonchev–Trinajstić information content (AvgIpc) is 4.04. The molecule has 1 unspecified atom stereocenters. The zero-order valence-corrected chi connectivity index (χ0v) is 34.0. The van der Waals surface area contributed by atoms with Crippen LogP contribution < -0.4 is 15.1 Å². The fraction of sp³-hybridized carbons (Fsp3) is 0.261. The van der Waals surface area contributed by atoms with Gasteiger partial charge in [-0.05, 0) is 90.3 Å². The van der Waals surface area contributed by atoms with Gasteiger partial charge in [0.1, 0.15) is 0 Å². The molecule has 5 aromatic carbocycles. The highest BCUT2D eigenvalue weighted by molar-refractivity contribution is 7.90. The average molecular weight is 813 g/mol. The fourth-order valence-electron chi connectivity index (χ4n) is 8.78. The summed E-state index contributed by atoms with van der Waals surface area (Å²) in [6.07, 6.45) is 9.51. The van der Waals surface area contributed by atoms with Crippen molar-refractivity contribution in [1.29, 1.82) is 0 Å². The number of piperazine rings is 2. The van der Waals surface area contributed by atoms with Crippen LogP contribution in [0, 0.1) is 0 Å². The molecule has 298 valence electrons. The Bertz CT molecular complexity index is 2830. The second-order valence-electron chi connectivity index (χ2n) is 15.3. The lowest BCUT2D eigenvalue weighted by atomic mass is 10.1. The summed E-state index contributed by atoms with van der Waals surface area (Å²) in [5.41, 5.74) is 4.70. The number of benzene rings is 5. The minimum Gasteiger partial charge on any atom is -0.368 e. The molecule has 3 aliphatic rings. The summed E-state index contributed by atoms with van der Waals surface area (Å²) in [6, 6.07) is 39.3. The quantitative estimate of drug-likeness (QED) is 0.171. The highest BCUT2D eigenvalue weighted by atomic mass is 32.2. The molecule has 3 aliphatic heterocycles. The first kappa shape index (κ1) is 38.1. The number of nitrogens with one attached hydrogen (secondary N) is 1. The first-order valence-corrected chi connectivity index (χ1v) is 23.2. The van der Waals surface area contributed by atoms with Crippen molar-refractivity contribution in [3.63, 3.8) is 0 Å². The summed E-state index contributed by atoms with van der Waals surface area (Å²) in [5, 5.41) is 7.65. The van der Waals surface area contributed by atoms with Crippen molar-refractivity contribution >= 4 is 70.1 Å². The molecule has 0 saturated carbocycles. The van der Waals surface area contributed by atoms with E-state index in [1.807, 2.05) is 66.7 Å². The van der Waals surface area contributed by atoms with E-state index in [2.05, 4.69) is 56.4 Å². The van der Waals surface area contributed by atoms with E-state index in [4.69, 9.17) is 0 Å². The zero-order chi connectivity index (χ0) is 39.7. The van der Waals surface area contributed by atoms with E-state index in [1.165, 1.54) is 32.7 Å². The molecule has 0 amide bonds. The SMILES string of the molecule is O=S(=O)(CC=Cc1ccc2ccccc2c1)n1ccc2c(N3CCNCC3)cccc21.O=S(=O)(c1ccccc1)n1ccc2c(N3CCN4CCCC4C3)cccc21. The molecule has 10 rings (SSSR count). The molecule has 1 N–H and O–H groups in total. The molecule has 3 saturated heterocycles. The van der Waals surface area contributed by atoms with E-state index in [-0.39, 0.29) is 5.75 Å². The number of anilines is 2. The van der Waals surface area contributed by atoms with E-state index in [0.717, 1.165) is 89.9 Å². The molecule has 5 heterocycles. The van der Waals surface area contributed by atoms with Crippen LogP contribution >= 0.6 is 0 Å². The molecule has 0 aliphatic carbocycles. The predicted octanol–water partition coefficient (Wildman–Crippen LogP) is 7.26. The van der Waals surface area contributed by atoms with Crippen molar-refractivity contribution in [2.24, 2.45) is 0 Å². The maximum Gasteiger partial charge on any atom is 0.268 e. The van der Waals surface area contributed by atoms with Gasteiger partial charge in [-0.25, -0.2) is 24.8 Å². The molecular weight excluding hydrogens is 765 g/mol. The Morgan fingerprint density at radius 2 is 1.29 bits per heavy atom. The lowest BCUT2D eigenvalue weighted by molar-refractivity contribution is 0.231. The minimum absolute atomic E-state index is 0.0541. The highest BCUT2D eigenvalue weighted by Gasteiger charge is 2.31. The topological polar surface area (TPSA) is 99.9 Å².